The van der Waals surface area contributed by atoms with E-state index in [0.29, 0.717) is 25.0 Å². The molecule has 0 aliphatic carbocycles. The molecule has 0 aliphatic heterocycles. The Morgan fingerprint density at radius 2 is 1.75 bits per heavy atom. The van der Waals surface area contributed by atoms with Crippen molar-refractivity contribution in [3.05, 3.63) is 0 Å². The topological polar surface area (TPSA) is 38.3 Å². The van der Waals surface area contributed by atoms with Crippen molar-refractivity contribution in [2.45, 2.75) is 66.0 Å². The molecule has 0 aromatic rings. The highest BCUT2D eigenvalue weighted by atomic mass is 16.5. The van der Waals surface area contributed by atoms with Crippen LogP contribution < -0.4 is 5.32 Å². The summed E-state index contributed by atoms with van der Waals surface area (Å²) < 4.78 is 4.93. The molecule has 0 saturated carbocycles. The van der Waals surface area contributed by atoms with Gasteiger partial charge < -0.3 is 10.1 Å². The van der Waals surface area contributed by atoms with Gasteiger partial charge in [-0.15, -0.1) is 0 Å². The Labute approximate surface area is 99.9 Å². The molecule has 0 saturated heterocycles. The van der Waals surface area contributed by atoms with Crippen molar-refractivity contribution < 1.29 is 9.53 Å². The molecule has 3 heteroatoms. The van der Waals surface area contributed by atoms with E-state index < -0.39 is 0 Å². The lowest BCUT2D eigenvalue weighted by Gasteiger charge is -2.26. The summed E-state index contributed by atoms with van der Waals surface area (Å²) in [6, 6.07) is 0.647. The number of hydrogen-bond acceptors (Lipinski definition) is 3. The smallest absolute Gasteiger partial charge is 0.307 e. The minimum Gasteiger partial charge on any atom is -0.466 e. The molecule has 0 amide bonds. The average molecular weight is 229 g/mol. The number of ether oxygens (including phenoxy) is 1. The van der Waals surface area contributed by atoms with Crippen LogP contribution >= 0.6 is 0 Å². The van der Waals surface area contributed by atoms with E-state index in [9.17, 15) is 4.79 Å². The molecule has 0 heterocycles. The van der Waals surface area contributed by atoms with E-state index >= 15 is 0 Å². The SMILES string of the molecule is CCOC(=O)CC(C)NC(C)C(CC)CC. The number of hydrogen-bond donors (Lipinski definition) is 1. The van der Waals surface area contributed by atoms with Crippen molar-refractivity contribution in [2.75, 3.05) is 6.61 Å². The van der Waals surface area contributed by atoms with Gasteiger partial charge in [-0.25, -0.2) is 0 Å². The van der Waals surface area contributed by atoms with Crippen LogP contribution in [0.15, 0.2) is 0 Å². The van der Waals surface area contributed by atoms with Gasteiger partial charge in [0.2, 0.25) is 0 Å². The number of esters is 1. The van der Waals surface area contributed by atoms with Gasteiger partial charge in [-0.3, -0.25) is 4.79 Å². The number of carbonyl (C=O) groups excluding carboxylic acids is 1. The van der Waals surface area contributed by atoms with Gasteiger partial charge in [0.25, 0.3) is 0 Å². The predicted octanol–water partition coefficient (Wildman–Crippen LogP) is 2.74. The van der Waals surface area contributed by atoms with Gasteiger partial charge in [0.15, 0.2) is 0 Å². The van der Waals surface area contributed by atoms with Crippen LogP contribution in [0.2, 0.25) is 0 Å². The first-order chi connectivity index (χ1) is 7.54. The zero-order chi connectivity index (χ0) is 12.6. The van der Waals surface area contributed by atoms with Gasteiger partial charge in [0.1, 0.15) is 0 Å². The van der Waals surface area contributed by atoms with E-state index in [1.807, 2.05) is 13.8 Å². The van der Waals surface area contributed by atoms with Crippen molar-refractivity contribution in [3.63, 3.8) is 0 Å². The summed E-state index contributed by atoms with van der Waals surface area (Å²) in [5, 5.41) is 3.47. The Morgan fingerprint density at radius 3 is 2.19 bits per heavy atom. The third-order valence-corrected chi connectivity index (χ3v) is 3.08. The molecule has 2 unspecified atom stereocenters. The summed E-state index contributed by atoms with van der Waals surface area (Å²) in [5.41, 5.74) is 0. The summed E-state index contributed by atoms with van der Waals surface area (Å²) in [7, 11) is 0. The monoisotopic (exact) mass is 229 g/mol. The fourth-order valence-electron chi connectivity index (χ4n) is 2.11. The molecule has 3 nitrogen and oxygen atoms in total. The van der Waals surface area contributed by atoms with Gasteiger partial charge in [-0.2, -0.15) is 0 Å². The standard InChI is InChI=1S/C13H27NO2/c1-6-12(7-2)11(5)14-10(4)9-13(15)16-8-3/h10-12,14H,6-9H2,1-5H3. The number of nitrogens with one attached hydrogen (secondary N) is 1. The first kappa shape index (κ1) is 15.4. The van der Waals surface area contributed by atoms with E-state index in [4.69, 9.17) is 4.74 Å². The third kappa shape index (κ3) is 6.11. The molecule has 0 radical (unpaired) electrons. The van der Waals surface area contributed by atoms with E-state index in [1.165, 1.54) is 12.8 Å². The first-order valence-electron chi connectivity index (χ1n) is 6.46. The maximum absolute atomic E-state index is 11.3. The summed E-state index contributed by atoms with van der Waals surface area (Å²) in [5.74, 6) is 0.573. The molecule has 1 N–H and O–H groups in total. The summed E-state index contributed by atoms with van der Waals surface area (Å²) in [6.45, 7) is 11.0. The number of rotatable bonds is 8. The van der Waals surface area contributed by atoms with Gasteiger partial charge in [-0.1, -0.05) is 26.7 Å². The minimum atomic E-state index is -0.112. The fraction of sp³-hybridized carbons (Fsp3) is 0.923. The molecule has 0 aromatic carbocycles. The third-order valence-electron chi connectivity index (χ3n) is 3.08. The maximum Gasteiger partial charge on any atom is 0.307 e. The average Bonchev–Trinajstić information content (AvgIpc) is 2.19. The lowest BCUT2D eigenvalue weighted by atomic mass is 9.95. The van der Waals surface area contributed by atoms with Crippen LogP contribution in [0.1, 0.15) is 53.9 Å². The second-order valence-electron chi connectivity index (χ2n) is 4.44. The Bertz CT molecular complexity index is 190. The highest BCUT2D eigenvalue weighted by molar-refractivity contribution is 5.70. The molecule has 0 aromatic heterocycles. The highest BCUT2D eigenvalue weighted by Gasteiger charge is 2.17. The van der Waals surface area contributed by atoms with Gasteiger partial charge in [0.05, 0.1) is 13.0 Å². The minimum absolute atomic E-state index is 0.112. The molecule has 16 heavy (non-hydrogen) atoms. The van der Waals surface area contributed by atoms with Gasteiger partial charge in [-0.05, 0) is 26.7 Å². The molecule has 0 rings (SSSR count). The summed E-state index contributed by atoms with van der Waals surface area (Å²) in [6.07, 6.45) is 2.81. The van der Waals surface area contributed by atoms with Crippen LogP contribution in [-0.4, -0.2) is 24.7 Å². The van der Waals surface area contributed by atoms with Crippen LogP contribution in [0.3, 0.4) is 0 Å². The van der Waals surface area contributed by atoms with E-state index in [0.717, 1.165) is 0 Å². The Kier molecular flexibility index (Phi) is 8.26. The van der Waals surface area contributed by atoms with Crippen LogP contribution in [0, 0.1) is 5.92 Å². The van der Waals surface area contributed by atoms with Crippen molar-refractivity contribution in [1.29, 1.82) is 0 Å². The highest BCUT2D eigenvalue weighted by Crippen LogP contribution is 2.13. The van der Waals surface area contributed by atoms with Gasteiger partial charge >= 0.3 is 5.97 Å². The lowest BCUT2D eigenvalue weighted by Crippen LogP contribution is -2.40. The molecule has 0 bridgehead atoms. The molecular weight excluding hydrogens is 202 g/mol. The zero-order valence-electron chi connectivity index (χ0n) is 11.4. The second-order valence-corrected chi connectivity index (χ2v) is 4.44. The summed E-state index contributed by atoms with van der Waals surface area (Å²) >= 11 is 0. The van der Waals surface area contributed by atoms with Gasteiger partial charge in [0, 0.05) is 12.1 Å². The van der Waals surface area contributed by atoms with E-state index in [1.54, 1.807) is 0 Å². The first-order valence-corrected chi connectivity index (χ1v) is 6.46. The Balaban J connectivity index is 3.93. The molecule has 0 spiro atoms. The van der Waals surface area contributed by atoms with Crippen molar-refractivity contribution in [2.24, 2.45) is 5.92 Å². The lowest BCUT2D eigenvalue weighted by molar-refractivity contribution is -0.143. The largest absolute Gasteiger partial charge is 0.466 e. The Hall–Kier alpha value is -0.570. The van der Waals surface area contributed by atoms with Crippen LogP contribution in [0.25, 0.3) is 0 Å². The van der Waals surface area contributed by atoms with E-state index in [2.05, 4.69) is 26.1 Å². The maximum atomic E-state index is 11.3. The van der Waals surface area contributed by atoms with Crippen molar-refractivity contribution in [1.82, 2.24) is 5.32 Å². The normalized spacial score (nSPS) is 14.9. The molecule has 0 aliphatic rings. The number of carbonyl (C=O) groups is 1. The van der Waals surface area contributed by atoms with E-state index in [-0.39, 0.29) is 12.0 Å². The molecule has 0 fully saturated rings. The van der Waals surface area contributed by atoms with Crippen LogP contribution in [-0.2, 0) is 9.53 Å². The van der Waals surface area contributed by atoms with Crippen molar-refractivity contribution >= 4 is 5.97 Å². The predicted molar refractivity (Wildman–Crippen MR) is 67.4 cm³/mol. The van der Waals surface area contributed by atoms with Crippen molar-refractivity contribution in [3.8, 4) is 0 Å². The second kappa shape index (κ2) is 8.57. The molecule has 2 atom stereocenters. The zero-order valence-corrected chi connectivity index (χ0v) is 11.4. The summed E-state index contributed by atoms with van der Waals surface area (Å²) in [4.78, 5) is 11.3. The van der Waals surface area contributed by atoms with Crippen LogP contribution in [0.5, 0.6) is 0 Å². The molecular formula is C13H27NO2. The molecule has 96 valence electrons. The quantitative estimate of drug-likeness (QED) is 0.650. The van der Waals surface area contributed by atoms with Crippen LogP contribution in [0.4, 0.5) is 0 Å². The fourth-order valence-corrected chi connectivity index (χ4v) is 2.11. The Morgan fingerprint density at radius 1 is 1.19 bits per heavy atom.